The zero-order valence-corrected chi connectivity index (χ0v) is 21.4. The summed E-state index contributed by atoms with van der Waals surface area (Å²) >= 11 is 0. The molecule has 0 amide bonds. The molecule has 1 saturated heterocycles. The molecule has 1 atom stereocenters. The lowest BCUT2D eigenvalue weighted by Crippen LogP contribution is -2.56. The molecule has 2 aromatic carbocycles. The molecule has 1 aliphatic heterocycles. The fraction of sp³-hybridized carbons (Fsp3) is 0.320. The number of anilines is 1. The molecule has 2 aromatic heterocycles. The Labute approximate surface area is 213 Å². The molecule has 9 nitrogen and oxygen atoms in total. The van der Waals surface area contributed by atoms with Crippen molar-refractivity contribution in [2.75, 3.05) is 30.8 Å². The number of hydrogen-bond acceptors (Lipinski definition) is 7. The summed E-state index contributed by atoms with van der Waals surface area (Å²) in [6.07, 6.45) is 3.23. The van der Waals surface area contributed by atoms with E-state index in [0.717, 1.165) is 11.6 Å². The maximum Gasteiger partial charge on any atom is 0.227 e. The quantitative estimate of drug-likeness (QED) is 0.425. The average molecular weight is 529 g/mol. The Bertz CT molecular complexity index is 1590. The standard InChI is InChI=1S/C25H26F2N6O3S/c1-15-11-19(26)20(21(27)23(15)34)22-18-13-28-25(29-24(18)31(2)30-22)33-10-9-32(37(3,35)36)14-17(33)12-16-7-5-4-6-8-16/h4-8,11,13,17,34H,9-10,12,14H2,1-3H3/t17-/m1/s1. The summed E-state index contributed by atoms with van der Waals surface area (Å²) in [6.45, 7) is 2.33. The van der Waals surface area contributed by atoms with E-state index in [0.29, 0.717) is 29.9 Å². The fourth-order valence-electron chi connectivity index (χ4n) is 4.75. The van der Waals surface area contributed by atoms with Crippen LogP contribution in [0.4, 0.5) is 14.7 Å². The number of phenols is 1. The summed E-state index contributed by atoms with van der Waals surface area (Å²) in [5.74, 6) is -2.22. The zero-order valence-electron chi connectivity index (χ0n) is 20.6. The average Bonchev–Trinajstić information content (AvgIpc) is 3.18. The molecule has 4 aromatic rings. The van der Waals surface area contributed by atoms with Crippen molar-refractivity contribution in [1.29, 1.82) is 0 Å². The van der Waals surface area contributed by atoms with Crippen molar-refractivity contribution in [3.05, 3.63) is 65.4 Å². The minimum Gasteiger partial charge on any atom is -0.505 e. The van der Waals surface area contributed by atoms with Gasteiger partial charge in [-0.1, -0.05) is 30.3 Å². The summed E-state index contributed by atoms with van der Waals surface area (Å²) in [7, 11) is -1.77. The third-order valence-electron chi connectivity index (χ3n) is 6.67. The molecule has 1 N–H and O–H groups in total. The van der Waals surface area contributed by atoms with Gasteiger partial charge in [-0.25, -0.2) is 26.9 Å². The van der Waals surface area contributed by atoms with Crippen LogP contribution < -0.4 is 4.90 Å². The molecule has 194 valence electrons. The van der Waals surface area contributed by atoms with E-state index < -0.39 is 33.0 Å². The number of aryl methyl sites for hydroxylation is 2. The summed E-state index contributed by atoms with van der Waals surface area (Å²) in [5, 5.41) is 14.6. The number of rotatable bonds is 5. The van der Waals surface area contributed by atoms with Crippen LogP contribution in [0, 0.1) is 18.6 Å². The summed E-state index contributed by atoms with van der Waals surface area (Å²) < 4.78 is 57.0. The van der Waals surface area contributed by atoms with Crippen molar-refractivity contribution in [3.8, 4) is 17.0 Å². The first-order valence-electron chi connectivity index (χ1n) is 11.7. The van der Waals surface area contributed by atoms with Gasteiger partial charge in [0.15, 0.2) is 17.2 Å². The summed E-state index contributed by atoms with van der Waals surface area (Å²) in [5.41, 5.74) is 1.01. The Morgan fingerprint density at radius 2 is 1.89 bits per heavy atom. The van der Waals surface area contributed by atoms with E-state index >= 15 is 0 Å². The molecule has 0 aliphatic carbocycles. The zero-order chi connectivity index (χ0) is 26.5. The second kappa shape index (κ2) is 9.34. The predicted octanol–water partition coefficient (Wildman–Crippen LogP) is 3.02. The first-order chi connectivity index (χ1) is 17.5. The minimum atomic E-state index is -3.38. The second-order valence-electron chi connectivity index (χ2n) is 9.25. The topological polar surface area (TPSA) is 104 Å². The van der Waals surface area contributed by atoms with Gasteiger partial charge in [0.2, 0.25) is 16.0 Å². The number of hydrogen-bond donors (Lipinski definition) is 1. The number of aromatic hydroxyl groups is 1. The van der Waals surface area contributed by atoms with Gasteiger partial charge in [0.05, 0.1) is 17.2 Å². The molecule has 0 spiro atoms. The molecule has 0 saturated carbocycles. The molecule has 1 fully saturated rings. The van der Waals surface area contributed by atoms with Crippen molar-refractivity contribution in [3.63, 3.8) is 0 Å². The Morgan fingerprint density at radius 1 is 1.16 bits per heavy atom. The van der Waals surface area contributed by atoms with Gasteiger partial charge >= 0.3 is 0 Å². The molecule has 1 aliphatic rings. The molecule has 37 heavy (non-hydrogen) atoms. The molecule has 12 heteroatoms. The highest BCUT2D eigenvalue weighted by Gasteiger charge is 2.33. The van der Waals surface area contributed by atoms with Crippen LogP contribution in [0.15, 0.2) is 42.6 Å². The van der Waals surface area contributed by atoms with Gasteiger partial charge < -0.3 is 10.0 Å². The lowest BCUT2D eigenvalue weighted by molar-refractivity contribution is 0.330. The third-order valence-corrected chi connectivity index (χ3v) is 7.94. The van der Waals surface area contributed by atoms with Gasteiger partial charge in [-0.15, -0.1) is 0 Å². The highest BCUT2D eigenvalue weighted by molar-refractivity contribution is 7.88. The fourth-order valence-corrected chi connectivity index (χ4v) is 5.60. The lowest BCUT2D eigenvalue weighted by atomic mass is 10.0. The monoisotopic (exact) mass is 528 g/mol. The maximum absolute atomic E-state index is 14.9. The van der Waals surface area contributed by atoms with Gasteiger partial charge in [-0.05, 0) is 30.5 Å². The molecule has 0 bridgehead atoms. The van der Waals surface area contributed by atoms with Crippen molar-refractivity contribution in [2.24, 2.45) is 7.05 Å². The SMILES string of the molecule is Cc1cc(F)c(-c2nn(C)c3nc(N4CCN(S(C)(=O)=O)C[C@H]4Cc4ccccc4)ncc23)c(F)c1O. The molecule has 5 rings (SSSR count). The molecular formula is C25H26F2N6O3S. The van der Waals surface area contributed by atoms with Crippen LogP contribution in [0.5, 0.6) is 5.75 Å². The Kier molecular flexibility index (Phi) is 6.32. The summed E-state index contributed by atoms with van der Waals surface area (Å²) in [4.78, 5) is 11.1. The Hall–Kier alpha value is -3.64. The van der Waals surface area contributed by atoms with E-state index in [4.69, 9.17) is 0 Å². The molecular weight excluding hydrogens is 502 g/mol. The predicted molar refractivity (Wildman–Crippen MR) is 136 cm³/mol. The number of piperazine rings is 1. The first-order valence-corrected chi connectivity index (χ1v) is 13.5. The number of phenolic OH excluding ortho intramolecular Hbond substituents is 1. The number of halogens is 2. The largest absolute Gasteiger partial charge is 0.505 e. The van der Waals surface area contributed by atoms with E-state index in [2.05, 4.69) is 15.1 Å². The lowest BCUT2D eigenvalue weighted by Gasteiger charge is -2.40. The highest BCUT2D eigenvalue weighted by atomic mass is 32.2. The van der Waals surface area contributed by atoms with Crippen LogP contribution in [0.2, 0.25) is 0 Å². The molecule has 0 unspecified atom stereocenters. The van der Waals surface area contributed by atoms with E-state index in [1.165, 1.54) is 28.4 Å². The van der Waals surface area contributed by atoms with E-state index in [1.807, 2.05) is 35.2 Å². The van der Waals surface area contributed by atoms with Crippen molar-refractivity contribution >= 4 is 27.0 Å². The van der Waals surface area contributed by atoms with Crippen molar-refractivity contribution in [1.82, 2.24) is 24.1 Å². The van der Waals surface area contributed by atoms with Crippen molar-refractivity contribution < 1.29 is 22.3 Å². The Morgan fingerprint density at radius 3 is 2.59 bits per heavy atom. The second-order valence-corrected chi connectivity index (χ2v) is 11.2. The van der Waals surface area contributed by atoms with Gasteiger partial charge in [-0.3, -0.25) is 0 Å². The number of sulfonamides is 1. The Balaban J connectivity index is 1.56. The normalized spacial score (nSPS) is 17.0. The van der Waals surface area contributed by atoms with Gasteiger partial charge in [-0.2, -0.15) is 14.4 Å². The maximum atomic E-state index is 14.9. The number of nitrogens with zero attached hydrogens (tertiary/aromatic N) is 6. The van der Waals surface area contributed by atoms with Crippen LogP contribution in [0.25, 0.3) is 22.3 Å². The minimum absolute atomic E-state index is 0.0166. The first kappa shape index (κ1) is 25.0. The number of fused-ring (bicyclic) bond motifs is 1. The van der Waals surface area contributed by atoms with Gasteiger partial charge in [0.25, 0.3) is 0 Å². The van der Waals surface area contributed by atoms with Crippen LogP contribution in [-0.4, -0.2) is 69.5 Å². The van der Waals surface area contributed by atoms with Crippen LogP contribution in [0.1, 0.15) is 11.1 Å². The van der Waals surface area contributed by atoms with Crippen LogP contribution >= 0.6 is 0 Å². The van der Waals surface area contributed by atoms with Gasteiger partial charge in [0.1, 0.15) is 11.5 Å². The molecule has 0 radical (unpaired) electrons. The van der Waals surface area contributed by atoms with Crippen LogP contribution in [0.3, 0.4) is 0 Å². The van der Waals surface area contributed by atoms with E-state index in [9.17, 15) is 22.3 Å². The molecule has 3 heterocycles. The van der Waals surface area contributed by atoms with E-state index in [-0.39, 0.29) is 30.4 Å². The van der Waals surface area contributed by atoms with Crippen molar-refractivity contribution in [2.45, 2.75) is 19.4 Å². The highest BCUT2D eigenvalue weighted by Crippen LogP contribution is 2.36. The van der Waals surface area contributed by atoms with Crippen LogP contribution in [-0.2, 0) is 23.5 Å². The number of benzene rings is 2. The summed E-state index contributed by atoms with van der Waals surface area (Å²) in [6, 6.07) is 10.6. The van der Waals surface area contributed by atoms with Gasteiger partial charge in [0, 0.05) is 38.9 Å². The smallest absolute Gasteiger partial charge is 0.227 e. The van der Waals surface area contributed by atoms with E-state index in [1.54, 1.807) is 7.05 Å². The third kappa shape index (κ3) is 4.62. The number of aromatic nitrogens is 4.